The summed E-state index contributed by atoms with van der Waals surface area (Å²) >= 11 is 0. The number of aromatic nitrogens is 2. The smallest absolute Gasteiger partial charge is 0.414 e. The Bertz CT molecular complexity index is 1300. The van der Waals surface area contributed by atoms with E-state index in [0.717, 1.165) is 59.6 Å². The van der Waals surface area contributed by atoms with Crippen LogP contribution in [0.25, 0.3) is 11.0 Å². The molecule has 3 aromatic rings. The number of ether oxygens (including phenoxy) is 1. The van der Waals surface area contributed by atoms with Gasteiger partial charge >= 0.3 is 12.1 Å². The topological polar surface area (TPSA) is 87.9 Å². The van der Waals surface area contributed by atoms with E-state index in [-0.39, 0.29) is 24.1 Å². The van der Waals surface area contributed by atoms with Crippen LogP contribution in [0.3, 0.4) is 0 Å². The summed E-state index contributed by atoms with van der Waals surface area (Å²) in [6, 6.07) is 12.4. The standard InChI is InChI=1S/C28H34N4O4/c1-17-8-11-20(12-9-17)30(3)27-29-25-22-13-10-18(2)31(28(35)36-4)23(22)14-15-24(25)32(27)21-7-5-6-19(16-21)26(33)34/h8-9,11-12,14-15,18-19,21H,5-7,10,13,16H2,1-4H3,(H,33,34)/t18?,19-,21-/m1/s1. The second-order valence-electron chi connectivity index (χ2n) is 10.2. The van der Waals surface area contributed by atoms with Crippen LogP contribution in [0.4, 0.5) is 22.1 Å². The molecule has 0 bridgehead atoms. The maximum absolute atomic E-state index is 12.6. The van der Waals surface area contributed by atoms with E-state index in [4.69, 9.17) is 9.72 Å². The van der Waals surface area contributed by atoms with Gasteiger partial charge in [0.25, 0.3) is 0 Å². The molecule has 0 radical (unpaired) electrons. The van der Waals surface area contributed by atoms with E-state index in [0.29, 0.717) is 12.8 Å². The molecule has 5 rings (SSSR count). The predicted octanol–water partition coefficient (Wildman–Crippen LogP) is 5.84. The molecule has 0 spiro atoms. The highest BCUT2D eigenvalue weighted by atomic mass is 16.5. The highest BCUT2D eigenvalue weighted by Gasteiger charge is 2.35. The molecular formula is C28H34N4O4. The van der Waals surface area contributed by atoms with Gasteiger partial charge in [0.1, 0.15) is 0 Å². The van der Waals surface area contributed by atoms with Crippen molar-refractivity contribution in [1.82, 2.24) is 9.55 Å². The van der Waals surface area contributed by atoms with Gasteiger partial charge in [-0.2, -0.15) is 0 Å². The van der Waals surface area contributed by atoms with Crippen LogP contribution < -0.4 is 9.80 Å². The van der Waals surface area contributed by atoms with Crippen molar-refractivity contribution >= 4 is 40.4 Å². The fourth-order valence-corrected chi connectivity index (χ4v) is 5.87. The van der Waals surface area contributed by atoms with Crippen molar-refractivity contribution in [2.24, 2.45) is 5.92 Å². The summed E-state index contributed by atoms with van der Waals surface area (Å²) in [4.78, 5) is 33.5. The number of rotatable bonds is 4. The summed E-state index contributed by atoms with van der Waals surface area (Å²) in [6.07, 6.45) is 4.34. The molecule has 2 aromatic carbocycles. The summed E-state index contributed by atoms with van der Waals surface area (Å²) in [7, 11) is 3.42. The summed E-state index contributed by atoms with van der Waals surface area (Å²) in [5.74, 6) is -0.286. The van der Waals surface area contributed by atoms with Gasteiger partial charge in [-0.3, -0.25) is 9.69 Å². The van der Waals surface area contributed by atoms with E-state index < -0.39 is 5.97 Å². The lowest BCUT2D eigenvalue weighted by Gasteiger charge is -2.34. The van der Waals surface area contributed by atoms with Crippen LogP contribution in [0.15, 0.2) is 36.4 Å². The summed E-state index contributed by atoms with van der Waals surface area (Å²) in [5, 5.41) is 9.75. The number of hydrogen-bond acceptors (Lipinski definition) is 5. The van der Waals surface area contributed by atoms with Gasteiger partial charge in [-0.15, -0.1) is 0 Å². The molecule has 2 heterocycles. The lowest BCUT2D eigenvalue weighted by atomic mass is 9.85. The Morgan fingerprint density at radius 3 is 2.56 bits per heavy atom. The zero-order chi connectivity index (χ0) is 25.6. The third-order valence-electron chi connectivity index (χ3n) is 7.89. The Labute approximate surface area is 211 Å². The van der Waals surface area contributed by atoms with Gasteiger partial charge in [-0.05, 0) is 70.2 Å². The van der Waals surface area contributed by atoms with E-state index in [1.54, 1.807) is 4.90 Å². The summed E-state index contributed by atoms with van der Waals surface area (Å²) in [5.41, 5.74) is 5.94. The number of imidazole rings is 1. The molecule has 8 heteroatoms. The van der Waals surface area contributed by atoms with Crippen LogP contribution in [0, 0.1) is 12.8 Å². The Morgan fingerprint density at radius 2 is 1.86 bits per heavy atom. The average Bonchev–Trinajstić information content (AvgIpc) is 3.28. The zero-order valence-electron chi connectivity index (χ0n) is 21.4. The lowest BCUT2D eigenvalue weighted by Crippen LogP contribution is -2.42. The highest BCUT2D eigenvalue weighted by molar-refractivity contribution is 5.96. The summed E-state index contributed by atoms with van der Waals surface area (Å²) in [6.45, 7) is 4.10. The number of carbonyl (C=O) groups is 2. The van der Waals surface area contributed by atoms with Gasteiger partial charge in [-0.25, -0.2) is 9.78 Å². The molecule has 1 N–H and O–H groups in total. The number of carbonyl (C=O) groups excluding carboxylic acids is 1. The molecule has 1 amide bonds. The van der Waals surface area contributed by atoms with E-state index in [9.17, 15) is 14.7 Å². The molecule has 8 nitrogen and oxygen atoms in total. The van der Waals surface area contributed by atoms with Gasteiger partial charge in [0.05, 0.1) is 29.7 Å². The van der Waals surface area contributed by atoms with Gasteiger partial charge in [0.2, 0.25) is 5.95 Å². The lowest BCUT2D eigenvalue weighted by molar-refractivity contribution is -0.143. The molecule has 1 aliphatic heterocycles. The van der Waals surface area contributed by atoms with Crippen molar-refractivity contribution < 1.29 is 19.4 Å². The Kier molecular flexibility index (Phi) is 6.36. The molecule has 3 atom stereocenters. The molecule has 1 unspecified atom stereocenters. The van der Waals surface area contributed by atoms with Crippen molar-refractivity contribution in [3.05, 3.63) is 47.5 Å². The maximum atomic E-state index is 12.6. The first-order valence-electron chi connectivity index (χ1n) is 12.7. The number of carboxylic acids is 1. The third-order valence-corrected chi connectivity index (χ3v) is 7.89. The fourth-order valence-electron chi connectivity index (χ4n) is 5.87. The van der Waals surface area contributed by atoms with Gasteiger partial charge in [0.15, 0.2) is 0 Å². The maximum Gasteiger partial charge on any atom is 0.414 e. The first kappa shape index (κ1) is 24.2. The number of fused-ring (bicyclic) bond motifs is 3. The number of amides is 1. The van der Waals surface area contributed by atoms with Crippen molar-refractivity contribution in [2.75, 3.05) is 24.0 Å². The molecular weight excluding hydrogens is 456 g/mol. The van der Waals surface area contributed by atoms with Gasteiger partial charge < -0.3 is 19.3 Å². The minimum atomic E-state index is -0.724. The van der Waals surface area contributed by atoms with Crippen molar-refractivity contribution in [1.29, 1.82) is 0 Å². The minimum Gasteiger partial charge on any atom is -0.481 e. The molecule has 2 aliphatic rings. The number of aliphatic carboxylic acids is 1. The SMILES string of the molecule is COC(=O)N1c2ccc3c(nc(N(C)c4ccc(C)cc4)n3[C@@H]3CCC[C@@H](C(=O)O)C3)c2CCC1C. The van der Waals surface area contributed by atoms with Crippen molar-refractivity contribution in [2.45, 2.75) is 64.5 Å². The quantitative estimate of drug-likeness (QED) is 0.495. The monoisotopic (exact) mass is 490 g/mol. The number of aryl methyl sites for hydroxylation is 2. The number of anilines is 3. The number of benzene rings is 2. The molecule has 1 aromatic heterocycles. The zero-order valence-corrected chi connectivity index (χ0v) is 21.4. The molecule has 1 saturated carbocycles. The van der Waals surface area contributed by atoms with Crippen LogP contribution >= 0.6 is 0 Å². The van der Waals surface area contributed by atoms with Crippen LogP contribution in [-0.2, 0) is 16.0 Å². The molecule has 0 saturated heterocycles. The Hall–Kier alpha value is -3.55. The molecule has 36 heavy (non-hydrogen) atoms. The van der Waals surface area contributed by atoms with Gasteiger partial charge in [-0.1, -0.05) is 24.1 Å². The van der Waals surface area contributed by atoms with Gasteiger partial charge in [0, 0.05) is 30.4 Å². The molecule has 1 aliphatic carbocycles. The second-order valence-corrected chi connectivity index (χ2v) is 10.2. The number of methoxy groups -OCH3 is 1. The van der Waals surface area contributed by atoms with E-state index in [1.165, 1.54) is 12.7 Å². The summed E-state index contributed by atoms with van der Waals surface area (Å²) < 4.78 is 7.33. The molecule has 190 valence electrons. The second kappa shape index (κ2) is 9.48. The first-order valence-corrected chi connectivity index (χ1v) is 12.7. The van der Waals surface area contributed by atoms with Crippen LogP contribution in [0.1, 0.15) is 56.2 Å². The number of hydrogen-bond donors (Lipinski definition) is 1. The van der Waals surface area contributed by atoms with Crippen LogP contribution in [-0.4, -0.2) is 46.9 Å². The average molecular weight is 491 g/mol. The Morgan fingerprint density at radius 1 is 1.11 bits per heavy atom. The normalized spacial score (nSPS) is 21.8. The van der Waals surface area contributed by atoms with E-state index in [2.05, 4.69) is 40.7 Å². The van der Waals surface area contributed by atoms with Crippen molar-refractivity contribution in [3.8, 4) is 0 Å². The number of carboxylic acid groups (broad SMARTS) is 1. The van der Waals surface area contributed by atoms with Crippen LogP contribution in [0.5, 0.6) is 0 Å². The number of nitrogens with zero attached hydrogens (tertiary/aromatic N) is 4. The minimum absolute atomic E-state index is 0.0324. The highest BCUT2D eigenvalue weighted by Crippen LogP contribution is 2.43. The fraction of sp³-hybridized carbons (Fsp3) is 0.464. The Balaban J connectivity index is 1.69. The van der Waals surface area contributed by atoms with Crippen LogP contribution in [0.2, 0.25) is 0 Å². The van der Waals surface area contributed by atoms with E-state index in [1.807, 2.05) is 26.1 Å². The molecule has 1 fully saturated rings. The third kappa shape index (κ3) is 4.08. The van der Waals surface area contributed by atoms with Crippen molar-refractivity contribution in [3.63, 3.8) is 0 Å². The first-order chi connectivity index (χ1) is 17.3. The predicted molar refractivity (Wildman–Crippen MR) is 140 cm³/mol. The largest absolute Gasteiger partial charge is 0.481 e. The van der Waals surface area contributed by atoms with E-state index >= 15 is 0 Å².